The first-order valence-electron chi connectivity index (χ1n) is 7.37. The first-order chi connectivity index (χ1) is 9.76. The Morgan fingerprint density at radius 3 is 2.75 bits per heavy atom. The molecule has 2 saturated heterocycles. The Morgan fingerprint density at radius 1 is 1.30 bits per heavy atom. The van der Waals surface area contributed by atoms with Gasteiger partial charge in [-0.2, -0.15) is 0 Å². The summed E-state index contributed by atoms with van der Waals surface area (Å²) in [5.74, 6) is 6.05. The quantitative estimate of drug-likeness (QED) is 0.837. The van der Waals surface area contributed by atoms with Gasteiger partial charge in [0, 0.05) is 40.9 Å². The van der Waals surface area contributed by atoms with Crippen molar-refractivity contribution < 1.29 is 10.2 Å². The number of aliphatic hydroxyl groups excluding tert-OH is 2. The van der Waals surface area contributed by atoms with Gasteiger partial charge < -0.3 is 10.2 Å². The highest BCUT2D eigenvalue weighted by atomic mass is 32.1. The molecular formula is C16H21NO2S. The molecular weight excluding hydrogens is 270 g/mol. The number of fused-ring (bicyclic) bond motifs is 2. The van der Waals surface area contributed by atoms with Crippen LogP contribution < -0.4 is 0 Å². The normalized spacial score (nSPS) is 29.2. The van der Waals surface area contributed by atoms with Crippen molar-refractivity contribution in [2.45, 2.75) is 56.8 Å². The lowest BCUT2D eigenvalue weighted by atomic mass is 10.00. The molecule has 1 aromatic rings. The van der Waals surface area contributed by atoms with E-state index in [1.807, 2.05) is 0 Å². The number of hydrogen-bond donors (Lipinski definition) is 2. The van der Waals surface area contributed by atoms with Crippen molar-refractivity contribution in [1.29, 1.82) is 0 Å². The SMILES string of the molecule is OCCC#Cc1csc(CN2C3CCC2CC(O)C3)c1. The Kier molecular flexibility index (Phi) is 4.42. The molecule has 3 nitrogen and oxygen atoms in total. The number of nitrogens with zero attached hydrogens (tertiary/aromatic N) is 1. The second-order valence-electron chi connectivity index (χ2n) is 5.76. The van der Waals surface area contributed by atoms with Gasteiger partial charge in [-0.1, -0.05) is 11.8 Å². The predicted molar refractivity (Wildman–Crippen MR) is 80.5 cm³/mol. The highest BCUT2D eigenvalue weighted by Gasteiger charge is 2.39. The van der Waals surface area contributed by atoms with Crippen LogP contribution in [0, 0.1) is 11.8 Å². The fourth-order valence-corrected chi connectivity index (χ4v) is 4.26. The van der Waals surface area contributed by atoms with Crippen molar-refractivity contribution in [3.05, 3.63) is 21.9 Å². The molecule has 0 saturated carbocycles. The average Bonchev–Trinajstić information content (AvgIpc) is 2.95. The summed E-state index contributed by atoms with van der Waals surface area (Å²) in [6.45, 7) is 1.12. The maximum atomic E-state index is 9.84. The maximum Gasteiger partial charge on any atom is 0.0570 e. The molecule has 2 atom stereocenters. The maximum absolute atomic E-state index is 9.84. The molecule has 108 valence electrons. The molecule has 20 heavy (non-hydrogen) atoms. The van der Waals surface area contributed by atoms with Gasteiger partial charge in [-0.15, -0.1) is 11.3 Å². The topological polar surface area (TPSA) is 43.7 Å². The summed E-state index contributed by atoms with van der Waals surface area (Å²) >= 11 is 1.76. The third-order valence-corrected chi connectivity index (χ3v) is 5.24. The number of hydrogen-bond acceptors (Lipinski definition) is 4. The molecule has 0 spiro atoms. The van der Waals surface area contributed by atoms with E-state index in [2.05, 4.69) is 28.2 Å². The van der Waals surface area contributed by atoms with Gasteiger partial charge in [0.25, 0.3) is 0 Å². The number of thiophene rings is 1. The second kappa shape index (κ2) is 6.28. The Labute approximate surface area is 124 Å². The van der Waals surface area contributed by atoms with E-state index in [9.17, 15) is 5.11 Å². The fourth-order valence-electron chi connectivity index (χ4n) is 3.43. The van der Waals surface area contributed by atoms with Gasteiger partial charge in [-0.3, -0.25) is 4.90 Å². The first kappa shape index (κ1) is 14.1. The smallest absolute Gasteiger partial charge is 0.0570 e. The molecule has 4 heteroatoms. The lowest BCUT2D eigenvalue weighted by Crippen LogP contribution is -2.43. The van der Waals surface area contributed by atoms with Crippen LogP contribution in [0.1, 0.15) is 42.5 Å². The molecule has 0 aromatic carbocycles. The van der Waals surface area contributed by atoms with Crippen molar-refractivity contribution in [3.8, 4) is 11.8 Å². The number of piperidine rings is 1. The summed E-state index contributed by atoms with van der Waals surface area (Å²) in [7, 11) is 0. The molecule has 3 rings (SSSR count). The van der Waals surface area contributed by atoms with Gasteiger partial charge >= 0.3 is 0 Å². The van der Waals surface area contributed by atoms with Crippen molar-refractivity contribution in [3.63, 3.8) is 0 Å². The minimum absolute atomic E-state index is 0.0907. The van der Waals surface area contributed by atoms with E-state index >= 15 is 0 Å². The van der Waals surface area contributed by atoms with Gasteiger partial charge in [-0.25, -0.2) is 0 Å². The van der Waals surface area contributed by atoms with Crippen LogP contribution in [0.4, 0.5) is 0 Å². The summed E-state index contributed by atoms with van der Waals surface area (Å²) in [6, 6.07) is 3.30. The molecule has 3 heterocycles. The Morgan fingerprint density at radius 2 is 2.05 bits per heavy atom. The summed E-state index contributed by atoms with van der Waals surface area (Å²) in [5, 5.41) is 20.7. The van der Waals surface area contributed by atoms with Crippen LogP contribution in [0.2, 0.25) is 0 Å². The van der Waals surface area contributed by atoms with Crippen LogP contribution in [0.5, 0.6) is 0 Å². The highest BCUT2D eigenvalue weighted by molar-refractivity contribution is 7.10. The van der Waals surface area contributed by atoms with E-state index in [1.165, 1.54) is 17.7 Å². The Bertz CT molecular complexity index is 502. The van der Waals surface area contributed by atoms with E-state index in [1.54, 1.807) is 11.3 Å². The summed E-state index contributed by atoms with van der Waals surface area (Å²) in [6.07, 6.45) is 4.79. The molecule has 0 aliphatic carbocycles. The van der Waals surface area contributed by atoms with E-state index < -0.39 is 0 Å². The second-order valence-corrected chi connectivity index (χ2v) is 6.76. The summed E-state index contributed by atoms with van der Waals surface area (Å²) in [5.41, 5.74) is 1.06. The third kappa shape index (κ3) is 3.07. The molecule has 2 bridgehead atoms. The molecule has 2 N–H and O–H groups in total. The van der Waals surface area contributed by atoms with Gasteiger partial charge in [0.1, 0.15) is 0 Å². The molecule has 0 radical (unpaired) electrons. The lowest BCUT2D eigenvalue weighted by Gasteiger charge is -2.36. The Hall–Kier alpha value is -0.860. The van der Waals surface area contributed by atoms with Gasteiger partial charge in [0.2, 0.25) is 0 Å². The molecule has 2 aliphatic heterocycles. The molecule has 1 aromatic heterocycles. The fraction of sp³-hybridized carbons (Fsp3) is 0.625. The zero-order valence-electron chi connectivity index (χ0n) is 11.6. The van der Waals surface area contributed by atoms with Crippen molar-refractivity contribution in [2.24, 2.45) is 0 Å². The minimum atomic E-state index is -0.0907. The highest BCUT2D eigenvalue weighted by Crippen LogP contribution is 2.37. The van der Waals surface area contributed by atoms with Crippen LogP contribution in [-0.2, 0) is 6.54 Å². The van der Waals surface area contributed by atoms with Gasteiger partial charge in [-0.05, 0) is 31.7 Å². The van der Waals surface area contributed by atoms with Gasteiger partial charge in [0.15, 0.2) is 0 Å². The standard InChI is InChI=1S/C16H21NO2S/c18-6-2-1-3-12-7-16(20-11-12)10-17-13-4-5-14(17)9-15(19)8-13/h7,11,13-15,18-19H,2,4-6,8-10H2. The van der Waals surface area contributed by atoms with Gasteiger partial charge in [0.05, 0.1) is 12.7 Å². The van der Waals surface area contributed by atoms with Crippen LogP contribution >= 0.6 is 11.3 Å². The molecule has 2 aliphatic rings. The molecule has 2 fully saturated rings. The lowest BCUT2D eigenvalue weighted by molar-refractivity contribution is 0.0316. The third-order valence-electron chi connectivity index (χ3n) is 4.32. The Balaban J connectivity index is 1.63. The predicted octanol–water partition coefficient (Wildman–Crippen LogP) is 1.97. The van der Waals surface area contributed by atoms with Crippen LogP contribution in [0.15, 0.2) is 11.4 Å². The zero-order chi connectivity index (χ0) is 13.9. The summed E-state index contributed by atoms with van der Waals surface area (Å²) < 4.78 is 0. The van der Waals surface area contributed by atoms with Crippen LogP contribution in [0.3, 0.4) is 0 Å². The van der Waals surface area contributed by atoms with Crippen molar-refractivity contribution in [1.82, 2.24) is 4.90 Å². The van der Waals surface area contributed by atoms with E-state index in [4.69, 9.17) is 5.11 Å². The van der Waals surface area contributed by atoms with E-state index in [-0.39, 0.29) is 12.7 Å². The minimum Gasteiger partial charge on any atom is -0.395 e. The number of rotatable bonds is 3. The average molecular weight is 291 g/mol. The van der Waals surface area contributed by atoms with E-state index in [0.717, 1.165) is 24.9 Å². The van der Waals surface area contributed by atoms with E-state index in [0.29, 0.717) is 18.5 Å². The monoisotopic (exact) mass is 291 g/mol. The summed E-state index contributed by atoms with van der Waals surface area (Å²) in [4.78, 5) is 3.93. The molecule has 0 amide bonds. The first-order valence-corrected chi connectivity index (χ1v) is 8.25. The van der Waals surface area contributed by atoms with Crippen molar-refractivity contribution >= 4 is 11.3 Å². The largest absolute Gasteiger partial charge is 0.395 e. The van der Waals surface area contributed by atoms with Crippen LogP contribution in [-0.4, -0.2) is 39.9 Å². The zero-order valence-corrected chi connectivity index (χ0v) is 12.4. The number of aliphatic hydroxyl groups is 2. The molecule has 2 unspecified atom stereocenters. The van der Waals surface area contributed by atoms with Crippen LogP contribution in [0.25, 0.3) is 0 Å². The van der Waals surface area contributed by atoms with Crippen molar-refractivity contribution in [2.75, 3.05) is 6.61 Å².